The molecule has 164 valence electrons. The Labute approximate surface area is 174 Å². The van der Waals surface area contributed by atoms with Gasteiger partial charge in [-0.2, -0.15) is 13.2 Å². The first kappa shape index (κ1) is 20.2. The molecule has 7 heteroatoms. The van der Waals surface area contributed by atoms with Gasteiger partial charge in [-0.1, -0.05) is 0 Å². The van der Waals surface area contributed by atoms with Gasteiger partial charge in [-0.3, -0.25) is 4.79 Å². The van der Waals surface area contributed by atoms with Crippen LogP contribution in [0.25, 0.3) is 0 Å². The van der Waals surface area contributed by atoms with Crippen LogP contribution in [0.2, 0.25) is 0 Å². The number of anilines is 1. The number of rotatable bonds is 3. The number of halogens is 3. The summed E-state index contributed by atoms with van der Waals surface area (Å²) < 4.78 is 38.5. The second kappa shape index (κ2) is 7.14. The van der Waals surface area contributed by atoms with Gasteiger partial charge >= 0.3 is 6.18 Å². The van der Waals surface area contributed by atoms with Gasteiger partial charge in [0.05, 0.1) is 17.1 Å². The van der Waals surface area contributed by atoms with Gasteiger partial charge in [-0.25, -0.2) is 0 Å². The first-order valence-electron chi connectivity index (χ1n) is 11.1. The largest absolute Gasteiger partial charge is 0.416 e. The molecule has 3 unspecified atom stereocenters. The highest BCUT2D eigenvalue weighted by Gasteiger charge is 2.58. The number of nitrogens with zero attached hydrogens (tertiary/aromatic N) is 1. The Balaban J connectivity index is 1.24. The molecule has 4 aliphatic carbocycles. The summed E-state index contributed by atoms with van der Waals surface area (Å²) in [5, 5.41) is 13.8. The van der Waals surface area contributed by atoms with Crippen LogP contribution >= 0.6 is 0 Å². The van der Waals surface area contributed by atoms with Crippen LogP contribution in [0.3, 0.4) is 0 Å². The third-order valence-corrected chi connectivity index (χ3v) is 8.02. The lowest BCUT2D eigenvalue weighted by Gasteiger charge is -2.58. The number of aliphatic hydroxyl groups excluding tert-OH is 1. The predicted octanol–water partition coefficient (Wildman–Crippen LogP) is 3.98. The molecule has 4 bridgehead atoms. The first-order valence-corrected chi connectivity index (χ1v) is 11.1. The van der Waals surface area contributed by atoms with Gasteiger partial charge < -0.3 is 15.3 Å². The second-order valence-corrected chi connectivity index (χ2v) is 10.0. The molecule has 1 aliphatic heterocycles. The predicted molar refractivity (Wildman–Crippen MR) is 107 cm³/mol. The summed E-state index contributed by atoms with van der Waals surface area (Å²) in [7, 11) is 0. The van der Waals surface area contributed by atoms with Gasteiger partial charge in [0.15, 0.2) is 0 Å². The minimum atomic E-state index is -4.33. The molecular weight excluding hydrogens is 393 g/mol. The molecule has 5 fully saturated rings. The van der Waals surface area contributed by atoms with E-state index in [1.807, 2.05) is 0 Å². The smallest absolute Gasteiger partial charge is 0.393 e. The maximum absolute atomic E-state index is 13.3. The highest BCUT2D eigenvalue weighted by Crippen LogP contribution is 2.60. The third kappa shape index (κ3) is 3.49. The van der Waals surface area contributed by atoms with Gasteiger partial charge in [0.25, 0.3) is 0 Å². The zero-order valence-electron chi connectivity index (χ0n) is 17.0. The molecule has 1 amide bonds. The van der Waals surface area contributed by atoms with Crippen molar-refractivity contribution in [2.75, 3.05) is 18.0 Å². The lowest BCUT2D eigenvalue weighted by atomic mass is 9.48. The van der Waals surface area contributed by atoms with Gasteiger partial charge in [-0.05, 0) is 87.0 Å². The van der Waals surface area contributed by atoms with E-state index >= 15 is 0 Å². The Morgan fingerprint density at radius 1 is 1.10 bits per heavy atom. The molecule has 6 rings (SSSR count). The molecular formula is C23H29F3N2O2. The van der Waals surface area contributed by atoms with Gasteiger partial charge in [0.1, 0.15) is 0 Å². The van der Waals surface area contributed by atoms with Crippen molar-refractivity contribution in [1.82, 2.24) is 5.32 Å². The van der Waals surface area contributed by atoms with Crippen LogP contribution in [-0.2, 0) is 11.0 Å². The lowest BCUT2D eigenvalue weighted by Crippen LogP contribution is -2.60. The number of hydrogen-bond acceptors (Lipinski definition) is 3. The van der Waals surface area contributed by atoms with Crippen LogP contribution in [0.1, 0.15) is 50.5 Å². The van der Waals surface area contributed by atoms with E-state index in [-0.39, 0.29) is 35.3 Å². The number of alkyl halides is 3. The third-order valence-electron chi connectivity index (χ3n) is 8.02. The molecule has 5 aliphatic rings. The monoisotopic (exact) mass is 422 g/mol. The molecule has 2 N–H and O–H groups in total. The summed E-state index contributed by atoms with van der Waals surface area (Å²) in [5.74, 6) is 1.22. The van der Waals surface area contributed by atoms with Gasteiger partial charge in [-0.15, -0.1) is 0 Å². The van der Waals surface area contributed by atoms with Crippen molar-refractivity contribution in [3.8, 4) is 0 Å². The fourth-order valence-electron chi connectivity index (χ4n) is 6.80. The summed E-state index contributed by atoms with van der Waals surface area (Å²) in [5.41, 5.74) is -0.205. The van der Waals surface area contributed by atoms with E-state index in [0.717, 1.165) is 69.3 Å². The summed E-state index contributed by atoms with van der Waals surface area (Å²) in [6.45, 7) is 1.40. The molecule has 1 aromatic carbocycles. The van der Waals surface area contributed by atoms with E-state index in [1.54, 1.807) is 0 Å². The number of amides is 1. The Kier molecular flexibility index (Phi) is 4.80. The standard InChI is InChI=1S/C23H29F3N2O2/c24-23(25,26)17-3-5-19(6-4-17)28-7-1-2-18(13-28)27-21(30)22-10-14-8-15(11-22)20(29)16(9-14)12-22/h3-6,14-16,18,20,29H,1-2,7-13H2,(H,27,30). The second-order valence-electron chi connectivity index (χ2n) is 10.0. The fraction of sp³-hybridized carbons (Fsp3) is 0.696. The number of piperidine rings is 1. The number of carbonyl (C=O) groups excluding carboxylic acids is 1. The molecule has 3 atom stereocenters. The Morgan fingerprint density at radius 3 is 2.40 bits per heavy atom. The van der Waals surface area contributed by atoms with Crippen LogP contribution in [-0.4, -0.2) is 36.2 Å². The van der Waals surface area contributed by atoms with Crippen LogP contribution in [0.15, 0.2) is 24.3 Å². The average Bonchev–Trinajstić information content (AvgIpc) is 2.71. The molecule has 1 aromatic rings. The van der Waals surface area contributed by atoms with Crippen molar-refractivity contribution >= 4 is 11.6 Å². The molecule has 1 heterocycles. The number of aliphatic hydroxyl groups is 1. The number of carbonyl (C=O) groups is 1. The molecule has 0 spiro atoms. The first-order chi connectivity index (χ1) is 14.2. The Hall–Kier alpha value is -1.76. The SMILES string of the molecule is O=C(NC1CCCN(c2ccc(C(F)(F)F)cc2)C1)C12CC3CC(C1)C(O)C(C3)C2. The number of nitrogens with one attached hydrogen (secondary N) is 1. The quantitative estimate of drug-likeness (QED) is 0.775. The Bertz CT molecular complexity index is 794. The van der Waals surface area contributed by atoms with Crippen LogP contribution in [0.5, 0.6) is 0 Å². The lowest BCUT2D eigenvalue weighted by molar-refractivity contribution is -0.163. The van der Waals surface area contributed by atoms with Crippen molar-refractivity contribution in [2.24, 2.45) is 23.2 Å². The minimum Gasteiger partial charge on any atom is -0.393 e. The van der Waals surface area contributed by atoms with Crippen molar-refractivity contribution in [3.05, 3.63) is 29.8 Å². The normalized spacial score (nSPS) is 38.0. The number of benzene rings is 1. The van der Waals surface area contributed by atoms with E-state index in [4.69, 9.17) is 0 Å². The van der Waals surface area contributed by atoms with Crippen molar-refractivity contribution in [3.63, 3.8) is 0 Å². The van der Waals surface area contributed by atoms with Crippen LogP contribution in [0, 0.1) is 23.2 Å². The van der Waals surface area contributed by atoms with Gasteiger partial charge in [0, 0.05) is 24.8 Å². The topological polar surface area (TPSA) is 52.6 Å². The Morgan fingerprint density at radius 2 is 1.77 bits per heavy atom. The molecule has 4 saturated carbocycles. The number of hydrogen-bond donors (Lipinski definition) is 2. The zero-order valence-corrected chi connectivity index (χ0v) is 17.0. The van der Waals surface area contributed by atoms with Crippen molar-refractivity contribution < 1.29 is 23.1 Å². The van der Waals surface area contributed by atoms with Crippen molar-refractivity contribution in [1.29, 1.82) is 0 Å². The molecule has 4 nitrogen and oxygen atoms in total. The molecule has 0 aromatic heterocycles. The van der Waals surface area contributed by atoms with Crippen LogP contribution in [0.4, 0.5) is 18.9 Å². The summed E-state index contributed by atoms with van der Waals surface area (Å²) in [6.07, 6.45) is 1.84. The zero-order chi connectivity index (χ0) is 21.1. The summed E-state index contributed by atoms with van der Waals surface area (Å²) in [6, 6.07) is 5.30. The maximum Gasteiger partial charge on any atom is 0.416 e. The van der Waals surface area contributed by atoms with E-state index in [9.17, 15) is 23.1 Å². The minimum absolute atomic E-state index is 0.00599. The average molecular weight is 422 g/mol. The summed E-state index contributed by atoms with van der Waals surface area (Å²) in [4.78, 5) is 15.4. The van der Waals surface area contributed by atoms with E-state index in [0.29, 0.717) is 12.5 Å². The summed E-state index contributed by atoms with van der Waals surface area (Å²) >= 11 is 0. The molecule has 0 radical (unpaired) electrons. The fourth-order valence-corrected chi connectivity index (χ4v) is 6.80. The maximum atomic E-state index is 13.3. The molecule has 30 heavy (non-hydrogen) atoms. The van der Waals surface area contributed by atoms with E-state index in [2.05, 4.69) is 10.2 Å². The highest BCUT2D eigenvalue weighted by atomic mass is 19.4. The van der Waals surface area contributed by atoms with E-state index in [1.165, 1.54) is 12.1 Å². The van der Waals surface area contributed by atoms with E-state index < -0.39 is 11.7 Å². The molecule has 1 saturated heterocycles. The van der Waals surface area contributed by atoms with Gasteiger partial charge in [0.2, 0.25) is 5.91 Å². The van der Waals surface area contributed by atoms with Crippen LogP contribution < -0.4 is 10.2 Å². The van der Waals surface area contributed by atoms with Crippen molar-refractivity contribution in [2.45, 2.75) is 63.3 Å². The highest BCUT2D eigenvalue weighted by molar-refractivity contribution is 5.83.